The highest BCUT2D eigenvalue weighted by molar-refractivity contribution is 5.95. The van der Waals surface area contributed by atoms with Gasteiger partial charge in [0.1, 0.15) is 12.4 Å². The lowest BCUT2D eigenvalue weighted by atomic mass is 10.2. The van der Waals surface area contributed by atoms with Gasteiger partial charge >= 0.3 is 0 Å². The van der Waals surface area contributed by atoms with Crippen molar-refractivity contribution in [1.29, 1.82) is 0 Å². The summed E-state index contributed by atoms with van der Waals surface area (Å²) >= 11 is 0. The number of benzene rings is 2. The summed E-state index contributed by atoms with van der Waals surface area (Å²) in [5.74, 6) is 0.351. The zero-order valence-corrected chi connectivity index (χ0v) is 15.0. The second kappa shape index (κ2) is 9.27. The van der Waals surface area contributed by atoms with Gasteiger partial charge < -0.3 is 20.7 Å². The highest BCUT2D eigenvalue weighted by atomic mass is 16.5. The van der Waals surface area contributed by atoms with E-state index in [2.05, 4.69) is 22.5 Å². The lowest BCUT2D eigenvalue weighted by Gasteiger charge is -2.11. The molecule has 0 saturated heterocycles. The maximum absolute atomic E-state index is 12.1. The maximum atomic E-state index is 12.1. The number of nitrogens with one attached hydrogen (secondary N) is 3. The Morgan fingerprint density at radius 2 is 1.62 bits per heavy atom. The molecule has 0 radical (unpaired) electrons. The average Bonchev–Trinajstić information content (AvgIpc) is 2.58. The van der Waals surface area contributed by atoms with Gasteiger partial charge in [-0.25, -0.2) is 0 Å². The fraction of sp³-hybridized carbons (Fsp3) is 0.200. The highest BCUT2D eigenvalue weighted by Crippen LogP contribution is 2.18. The van der Waals surface area contributed by atoms with Crippen molar-refractivity contribution in [3.05, 3.63) is 60.7 Å². The molecule has 0 heterocycles. The first-order valence-corrected chi connectivity index (χ1v) is 8.21. The normalized spacial score (nSPS) is 9.92. The first-order valence-electron chi connectivity index (χ1n) is 8.21. The van der Waals surface area contributed by atoms with Crippen molar-refractivity contribution in [2.24, 2.45) is 0 Å². The average molecular weight is 353 g/mol. The molecule has 26 heavy (non-hydrogen) atoms. The van der Waals surface area contributed by atoms with Crippen molar-refractivity contribution < 1.29 is 14.3 Å². The van der Waals surface area contributed by atoms with E-state index in [4.69, 9.17) is 4.74 Å². The van der Waals surface area contributed by atoms with Crippen LogP contribution in [0.5, 0.6) is 5.75 Å². The minimum Gasteiger partial charge on any atom is -0.489 e. The molecule has 0 atom stereocenters. The SMILES string of the molecule is C=C(C)COc1cccc(NCC(=O)Nc2cccc(NC(C)=O)c2)c1. The summed E-state index contributed by atoms with van der Waals surface area (Å²) in [6.07, 6.45) is 0. The van der Waals surface area contributed by atoms with E-state index in [0.29, 0.717) is 23.7 Å². The van der Waals surface area contributed by atoms with Gasteiger partial charge in [0.2, 0.25) is 11.8 Å². The fourth-order valence-electron chi connectivity index (χ4n) is 2.17. The van der Waals surface area contributed by atoms with Gasteiger partial charge in [-0.3, -0.25) is 9.59 Å². The van der Waals surface area contributed by atoms with E-state index in [1.807, 2.05) is 31.2 Å². The molecule has 0 bridgehead atoms. The van der Waals surface area contributed by atoms with Crippen molar-refractivity contribution in [3.63, 3.8) is 0 Å². The van der Waals surface area contributed by atoms with Crippen molar-refractivity contribution in [2.45, 2.75) is 13.8 Å². The van der Waals surface area contributed by atoms with Gasteiger partial charge in [0.25, 0.3) is 0 Å². The Bertz CT molecular complexity index is 802. The third-order valence-electron chi connectivity index (χ3n) is 3.24. The number of hydrogen-bond acceptors (Lipinski definition) is 4. The van der Waals surface area contributed by atoms with Crippen LogP contribution < -0.4 is 20.7 Å². The molecule has 0 spiro atoms. The van der Waals surface area contributed by atoms with E-state index >= 15 is 0 Å². The second-order valence-electron chi connectivity index (χ2n) is 5.94. The van der Waals surface area contributed by atoms with Gasteiger partial charge in [0, 0.05) is 30.1 Å². The van der Waals surface area contributed by atoms with Crippen LogP contribution in [0.25, 0.3) is 0 Å². The van der Waals surface area contributed by atoms with Crippen LogP contribution in [-0.4, -0.2) is 25.0 Å². The topological polar surface area (TPSA) is 79.5 Å². The molecule has 6 heteroatoms. The van der Waals surface area contributed by atoms with Crippen LogP contribution in [0.4, 0.5) is 17.1 Å². The van der Waals surface area contributed by atoms with Crippen molar-refractivity contribution >= 4 is 28.9 Å². The van der Waals surface area contributed by atoms with Gasteiger partial charge in [-0.15, -0.1) is 0 Å². The van der Waals surface area contributed by atoms with E-state index in [1.165, 1.54) is 6.92 Å². The lowest BCUT2D eigenvalue weighted by Crippen LogP contribution is -2.21. The Balaban J connectivity index is 1.88. The predicted molar refractivity (Wildman–Crippen MR) is 105 cm³/mol. The molecule has 0 fully saturated rings. The smallest absolute Gasteiger partial charge is 0.243 e. The molecule has 0 aliphatic heterocycles. The summed E-state index contributed by atoms with van der Waals surface area (Å²) in [4.78, 5) is 23.2. The molecule has 0 aliphatic rings. The number of amides is 2. The first-order chi connectivity index (χ1) is 12.4. The van der Waals surface area contributed by atoms with E-state index in [9.17, 15) is 9.59 Å². The largest absolute Gasteiger partial charge is 0.489 e. The molecule has 2 aromatic rings. The number of ether oxygens (including phenoxy) is 1. The molecule has 0 saturated carbocycles. The number of carbonyl (C=O) groups is 2. The third kappa shape index (κ3) is 6.68. The van der Waals surface area contributed by atoms with Crippen LogP contribution in [0.2, 0.25) is 0 Å². The number of hydrogen-bond donors (Lipinski definition) is 3. The lowest BCUT2D eigenvalue weighted by molar-refractivity contribution is -0.115. The summed E-state index contributed by atoms with van der Waals surface area (Å²) in [7, 11) is 0. The fourth-order valence-corrected chi connectivity index (χ4v) is 2.17. The molecular formula is C20H23N3O3. The predicted octanol–water partition coefficient (Wildman–Crippen LogP) is 3.65. The van der Waals surface area contributed by atoms with E-state index in [-0.39, 0.29) is 18.4 Å². The Morgan fingerprint density at radius 3 is 2.31 bits per heavy atom. The Morgan fingerprint density at radius 1 is 0.962 bits per heavy atom. The zero-order chi connectivity index (χ0) is 18.9. The quantitative estimate of drug-likeness (QED) is 0.633. The Labute approximate surface area is 153 Å². The van der Waals surface area contributed by atoms with Crippen LogP contribution in [0.1, 0.15) is 13.8 Å². The zero-order valence-electron chi connectivity index (χ0n) is 15.0. The maximum Gasteiger partial charge on any atom is 0.243 e. The van der Waals surface area contributed by atoms with Crippen LogP contribution in [0.15, 0.2) is 60.7 Å². The van der Waals surface area contributed by atoms with Gasteiger partial charge in [-0.1, -0.05) is 18.7 Å². The summed E-state index contributed by atoms with van der Waals surface area (Å²) in [6, 6.07) is 14.4. The van der Waals surface area contributed by atoms with Gasteiger partial charge in [-0.05, 0) is 42.8 Å². The molecule has 2 aromatic carbocycles. The Hall–Kier alpha value is -3.28. The number of carbonyl (C=O) groups excluding carboxylic acids is 2. The molecule has 0 aliphatic carbocycles. The van der Waals surface area contributed by atoms with Gasteiger partial charge in [-0.2, -0.15) is 0 Å². The standard InChI is InChI=1S/C20H23N3O3/c1-14(2)13-26-19-9-5-6-16(11-19)21-12-20(25)23-18-8-4-7-17(10-18)22-15(3)24/h4-11,21H,1,12-13H2,2-3H3,(H,22,24)(H,23,25). The molecule has 0 aromatic heterocycles. The molecule has 2 rings (SSSR count). The van der Waals surface area contributed by atoms with E-state index in [1.54, 1.807) is 24.3 Å². The molecular weight excluding hydrogens is 330 g/mol. The van der Waals surface area contributed by atoms with Crippen LogP contribution >= 0.6 is 0 Å². The summed E-state index contributed by atoms with van der Waals surface area (Å²) in [5, 5.41) is 8.52. The van der Waals surface area contributed by atoms with E-state index < -0.39 is 0 Å². The monoisotopic (exact) mass is 353 g/mol. The van der Waals surface area contributed by atoms with Gasteiger partial charge in [0.15, 0.2) is 0 Å². The van der Waals surface area contributed by atoms with Gasteiger partial charge in [0.05, 0.1) is 6.54 Å². The molecule has 136 valence electrons. The molecule has 3 N–H and O–H groups in total. The highest BCUT2D eigenvalue weighted by Gasteiger charge is 2.04. The van der Waals surface area contributed by atoms with Crippen molar-refractivity contribution in [3.8, 4) is 5.75 Å². The number of anilines is 3. The first kappa shape index (κ1) is 19.1. The second-order valence-corrected chi connectivity index (χ2v) is 5.94. The molecule has 2 amide bonds. The van der Waals surface area contributed by atoms with Crippen LogP contribution in [-0.2, 0) is 9.59 Å². The Kier molecular flexibility index (Phi) is 6.79. The van der Waals surface area contributed by atoms with Crippen LogP contribution in [0, 0.1) is 0 Å². The van der Waals surface area contributed by atoms with Crippen molar-refractivity contribution in [1.82, 2.24) is 0 Å². The molecule has 0 unspecified atom stereocenters. The van der Waals surface area contributed by atoms with Crippen LogP contribution in [0.3, 0.4) is 0 Å². The minimum absolute atomic E-state index is 0.105. The molecule has 6 nitrogen and oxygen atoms in total. The number of rotatable bonds is 8. The van der Waals surface area contributed by atoms with Crippen molar-refractivity contribution in [2.75, 3.05) is 29.1 Å². The summed E-state index contributed by atoms with van der Waals surface area (Å²) in [6.45, 7) is 7.69. The minimum atomic E-state index is -0.196. The summed E-state index contributed by atoms with van der Waals surface area (Å²) in [5.41, 5.74) is 2.96. The third-order valence-corrected chi connectivity index (χ3v) is 3.24. The summed E-state index contributed by atoms with van der Waals surface area (Å²) < 4.78 is 5.58. The van der Waals surface area contributed by atoms with E-state index in [0.717, 1.165) is 11.3 Å².